The van der Waals surface area contributed by atoms with Crippen LogP contribution in [0.15, 0.2) is 9.72 Å². The summed E-state index contributed by atoms with van der Waals surface area (Å²) in [5, 5.41) is 5.70. The van der Waals surface area contributed by atoms with E-state index in [1.54, 1.807) is 11.3 Å². The molecule has 2 rings (SSSR count). The first-order valence-electron chi connectivity index (χ1n) is 5.58. The summed E-state index contributed by atoms with van der Waals surface area (Å²) in [5.74, 6) is 2.10. The number of aryl methyl sites for hydroxylation is 1. The van der Waals surface area contributed by atoms with Crippen molar-refractivity contribution in [1.82, 2.24) is 10.3 Å². The van der Waals surface area contributed by atoms with Crippen molar-refractivity contribution in [2.45, 2.75) is 37.1 Å². The first-order chi connectivity index (χ1) is 7.29. The van der Waals surface area contributed by atoms with E-state index in [9.17, 15) is 0 Å². The van der Waals surface area contributed by atoms with Gasteiger partial charge in [-0.25, -0.2) is 4.98 Å². The summed E-state index contributed by atoms with van der Waals surface area (Å²) in [6.45, 7) is 5.33. The number of hydrogen-bond acceptors (Lipinski definition) is 4. The molecule has 0 amide bonds. The Labute approximate surface area is 99.9 Å². The molecular weight excluding hydrogens is 224 g/mol. The highest BCUT2D eigenvalue weighted by molar-refractivity contribution is 8.01. The molecule has 1 aliphatic rings. The molecule has 0 aromatic carbocycles. The minimum Gasteiger partial charge on any atom is -0.313 e. The van der Waals surface area contributed by atoms with Crippen LogP contribution in [-0.4, -0.2) is 23.3 Å². The maximum atomic E-state index is 4.48. The SMILES string of the molecule is CCNC(CSc1nc(C)cs1)C1CC1. The van der Waals surface area contributed by atoms with E-state index in [2.05, 4.69) is 29.5 Å². The molecule has 1 saturated carbocycles. The minimum absolute atomic E-state index is 0.698. The molecule has 0 radical (unpaired) electrons. The Kier molecular flexibility index (Phi) is 4.05. The molecule has 0 aliphatic heterocycles. The molecule has 84 valence electrons. The van der Waals surface area contributed by atoms with Crippen LogP contribution in [0.1, 0.15) is 25.5 Å². The van der Waals surface area contributed by atoms with Crippen LogP contribution in [0.3, 0.4) is 0 Å². The number of rotatable bonds is 6. The molecule has 4 heteroatoms. The third-order valence-electron chi connectivity index (χ3n) is 2.64. The van der Waals surface area contributed by atoms with Gasteiger partial charge in [0, 0.05) is 22.9 Å². The van der Waals surface area contributed by atoms with Crippen LogP contribution < -0.4 is 5.32 Å². The van der Waals surface area contributed by atoms with Gasteiger partial charge < -0.3 is 5.32 Å². The van der Waals surface area contributed by atoms with Crippen LogP contribution in [0.2, 0.25) is 0 Å². The topological polar surface area (TPSA) is 24.9 Å². The molecule has 2 nitrogen and oxygen atoms in total. The summed E-state index contributed by atoms with van der Waals surface area (Å²) in [7, 11) is 0. The van der Waals surface area contributed by atoms with Crippen molar-refractivity contribution in [2.75, 3.05) is 12.3 Å². The molecule has 1 fully saturated rings. The van der Waals surface area contributed by atoms with Crippen LogP contribution >= 0.6 is 23.1 Å². The van der Waals surface area contributed by atoms with E-state index in [4.69, 9.17) is 0 Å². The summed E-state index contributed by atoms with van der Waals surface area (Å²) < 4.78 is 1.22. The lowest BCUT2D eigenvalue weighted by atomic mass is 10.2. The Morgan fingerprint density at radius 1 is 1.67 bits per heavy atom. The Morgan fingerprint density at radius 2 is 2.47 bits per heavy atom. The Balaban J connectivity index is 1.79. The second-order valence-electron chi connectivity index (χ2n) is 4.07. The van der Waals surface area contributed by atoms with Crippen LogP contribution in [0.4, 0.5) is 0 Å². The van der Waals surface area contributed by atoms with Gasteiger partial charge in [-0.2, -0.15) is 0 Å². The van der Waals surface area contributed by atoms with Crippen LogP contribution in [0.25, 0.3) is 0 Å². The second-order valence-corrected chi connectivity index (χ2v) is 6.19. The zero-order valence-corrected chi connectivity index (χ0v) is 11.0. The highest BCUT2D eigenvalue weighted by Gasteiger charge is 2.30. The molecule has 1 atom stereocenters. The fourth-order valence-electron chi connectivity index (χ4n) is 1.68. The maximum Gasteiger partial charge on any atom is 0.150 e. The van der Waals surface area contributed by atoms with Gasteiger partial charge in [0.05, 0.1) is 0 Å². The van der Waals surface area contributed by atoms with Gasteiger partial charge in [-0.15, -0.1) is 11.3 Å². The Morgan fingerprint density at radius 3 is 3.00 bits per heavy atom. The highest BCUT2D eigenvalue weighted by atomic mass is 32.2. The molecule has 1 unspecified atom stereocenters. The molecule has 0 bridgehead atoms. The normalized spacial score (nSPS) is 18.0. The summed E-state index contributed by atoms with van der Waals surface area (Å²) in [4.78, 5) is 4.48. The molecule has 0 saturated heterocycles. The predicted octanol–water partition coefficient (Wildman–Crippen LogP) is 2.93. The molecule has 1 heterocycles. The third-order valence-corrected chi connectivity index (χ3v) is 4.90. The largest absolute Gasteiger partial charge is 0.313 e. The highest BCUT2D eigenvalue weighted by Crippen LogP contribution is 2.35. The number of thiazole rings is 1. The van der Waals surface area contributed by atoms with Crippen molar-refractivity contribution in [3.05, 3.63) is 11.1 Å². The minimum atomic E-state index is 0.698. The van der Waals surface area contributed by atoms with Crippen molar-refractivity contribution in [3.63, 3.8) is 0 Å². The van der Waals surface area contributed by atoms with E-state index in [0.29, 0.717) is 6.04 Å². The van der Waals surface area contributed by atoms with E-state index >= 15 is 0 Å². The van der Waals surface area contributed by atoms with E-state index in [1.807, 2.05) is 11.8 Å². The van der Waals surface area contributed by atoms with E-state index in [0.717, 1.165) is 18.2 Å². The lowest BCUT2D eigenvalue weighted by Gasteiger charge is -2.15. The van der Waals surface area contributed by atoms with Gasteiger partial charge in [0.15, 0.2) is 0 Å². The van der Waals surface area contributed by atoms with Gasteiger partial charge in [-0.1, -0.05) is 18.7 Å². The van der Waals surface area contributed by atoms with Gasteiger partial charge in [0.2, 0.25) is 0 Å². The van der Waals surface area contributed by atoms with E-state index in [-0.39, 0.29) is 0 Å². The Bertz CT molecular complexity index is 307. The standard InChI is InChI=1S/C11H18N2S2/c1-3-12-10(9-4-5-9)7-15-11-13-8(2)6-14-11/h6,9-10,12H,3-5,7H2,1-2H3. The summed E-state index contributed by atoms with van der Waals surface area (Å²) in [6.07, 6.45) is 2.82. The first-order valence-corrected chi connectivity index (χ1v) is 7.44. The molecular formula is C11H18N2S2. The average molecular weight is 242 g/mol. The van der Waals surface area contributed by atoms with Gasteiger partial charge in [-0.05, 0) is 32.2 Å². The monoisotopic (exact) mass is 242 g/mol. The second kappa shape index (κ2) is 5.32. The fourth-order valence-corrected chi connectivity index (χ4v) is 3.74. The number of thioether (sulfide) groups is 1. The van der Waals surface area contributed by atoms with E-state index in [1.165, 1.54) is 22.9 Å². The van der Waals surface area contributed by atoms with Crippen molar-refractivity contribution in [3.8, 4) is 0 Å². The van der Waals surface area contributed by atoms with Crippen LogP contribution in [0.5, 0.6) is 0 Å². The van der Waals surface area contributed by atoms with Crippen molar-refractivity contribution in [1.29, 1.82) is 0 Å². The molecule has 1 aromatic heterocycles. The quantitative estimate of drug-likeness (QED) is 0.776. The number of hydrogen-bond donors (Lipinski definition) is 1. The summed E-state index contributed by atoms with van der Waals surface area (Å²) in [6, 6.07) is 0.698. The Hall–Kier alpha value is -0.0600. The molecule has 0 spiro atoms. The molecule has 1 aromatic rings. The summed E-state index contributed by atoms with van der Waals surface area (Å²) >= 11 is 3.67. The first kappa shape index (κ1) is 11.4. The van der Waals surface area contributed by atoms with Gasteiger partial charge in [0.25, 0.3) is 0 Å². The van der Waals surface area contributed by atoms with Crippen molar-refractivity contribution in [2.24, 2.45) is 5.92 Å². The van der Waals surface area contributed by atoms with Crippen LogP contribution in [0, 0.1) is 12.8 Å². The van der Waals surface area contributed by atoms with Gasteiger partial charge in [-0.3, -0.25) is 0 Å². The third kappa shape index (κ3) is 3.47. The number of nitrogens with one attached hydrogen (secondary N) is 1. The van der Waals surface area contributed by atoms with Gasteiger partial charge in [0.1, 0.15) is 4.34 Å². The molecule has 1 N–H and O–H groups in total. The predicted molar refractivity (Wildman–Crippen MR) is 67.8 cm³/mol. The molecule has 15 heavy (non-hydrogen) atoms. The zero-order chi connectivity index (χ0) is 10.7. The van der Waals surface area contributed by atoms with Crippen molar-refractivity contribution < 1.29 is 0 Å². The number of aromatic nitrogens is 1. The lowest BCUT2D eigenvalue weighted by Crippen LogP contribution is -2.33. The average Bonchev–Trinajstić information content (AvgIpc) is 2.97. The van der Waals surface area contributed by atoms with Gasteiger partial charge >= 0.3 is 0 Å². The van der Waals surface area contributed by atoms with E-state index < -0.39 is 0 Å². The van der Waals surface area contributed by atoms with Crippen molar-refractivity contribution >= 4 is 23.1 Å². The smallest absolute Gasteiger partial charge is 0.150 e. The van der Waals surface area contributed by atoms with Crippen LogP contribution in [-0.2, 0) is 0 Å². The zero-order valence-electron chi connectivity index (χ0n) is 9.32. The number of nitrogens with zero attached hydrogens (tertiary/aromatic N) is 1. The molecule has 1 aliphatic carbocycles. The lowest BCUT2D eigenvalue weighted by molar-refractivity contribution is 0.519. The summed E-state index contributed by atoms with van der Waals surface area (Å²) in [5.41, 5.74) is 1.15. The maximum absolute atomic E-state index is 4.48. The fraction of sp³-hybridized carbons (Fsp3) is 0.727.